The van der Waals surface area contributed by atoms with Crippen molar-refractivity contribution < 1.29 is 29.6 Å². The van der Waals surface area contributed by atoms with Crippen LogP contribution in [0.2, 0.25) is 0 Å². The lowest BCUT2D eigenvalue weighted by Gasteiger charge is -2.24. The van der Waals surface area contributed by atoms with Gasteiger partial charge in [-0.15, -0.1) is 0 Å². The van der Waals surface area contributed by atoms with E-state index in [2.05, 4.69) is 4.74 Å². The SMILES string of the molecule is CC(C)(C)OCC(O)C1OC(=O)C(O)=C1O. The molecular formula is C10H16O6. The van der Waals surface area contributed by atoms with Gasteiger partial charge in [-0.2, -0.15) is 0 Å². The van der Waals surface area contributed by atoms with Gasteiger partial charge in [0.1, 0.15) is 6.10 Å². The first-order valence-electron chi connectivity index (χ1n) is 4.87. The van der Waals surface area contributed by atoms with E-state index in [1.165, 1.54) is 0 Å². The van der Waals surface area contributed by atoms with Crippen molar-refractivity contribution in [2.24, 2.45) is 0 Å². The Hall–Kier alpha value is -1.27. The van der Waals surface area contributed by atoms with Gasteiger partial charge in [0.15, 0.2) is 11.9 Å². The van der Waals surface area contributed by atoms with Gasteiger partial charge in [-0.25, -0.2) is 4.79 Å². The molecule has 6 heteroatoms. The molecular weight excluding hydrogens is 216 g/mol. The van der Waals surface area contributed by atoms with E-state index in [1.54, 1.807) is 20.8 Å². The molecule has 0 aromatic rings. The van der Waals surface area contributed by atoms with Crippen LogP contribution in [0, 0.1) is 0 Å². The first kappa shape index (κ1) is 12.8. The zero-order valence-corrected chi connectivity index (χ0v) is 9.43. The molecule has 0 fully saturated rings. The number of cyclic esters (lactones) is 1. The summed E-state index contributed by atoms with van der Waals surface area (Å²) < 4.78 is 9.84. The molecule has 6 nitrogen and oxygen atoms in total. The summed E-state index contributed by atoms with van der Waals surface area (Å²) in [7, 11) is 0. The van der Waals surface area contributed by atoms with Gasteiger partial charge >= 0.3 is 5.97 Å². The third kappa shape index (κ3) is 2.86. The Labute approximate surface area is 93.1 Å². The zero-order chi connectivity index (χ0) is 12.5. The summed E-state index contributed by atoms with van der Waals surface area (Å²) in [5.41, 5.74) is -0.453. The van der Waals surface area contributed by atoms with Crippen LogP contribution in [-0.2, 0) is 14.3 Å². The Morgan fingerprint density at radius 1 is 1.44 bits per heavy atom. The maximum atomic E-state index is 10.9. The van der Waals surface area contributed by atoms with Crippen LogP contribution in [0.4, 0.5) is 0 Å². The normalized spacial score (nSPS) is 23.5. The molecule has 16 heavy (non-hydrogen) atoms. The molecule has 0 radical (unpaired) electrons. The summed E-state index contributed by atoms with van der Waals surface area (Å²) >= 11 is 0. The maximum Gasteiger partial charge on any atom is 0.377 e. The van der Waals surface area contributed by atoms with Gasteiger partial charge in [0.25, 0.3) is 0 Å². The van der Waals surface area contributed by atoms with Gasteiger partial charge < -0.3 is 24.8 Å². The van der Waals surface area contributed by atoms with Crippen LogP contribution in [0.25, 0.3) is 0 Å². The van der Waals surface area contributed by atoms with Crippen molar-refractivity contribution >= 4 is 5.97 Å². The highest BCUT2D eigenvalue weighted by Gasteiger charge is 2.39. The number of carbonyl (C=O) groups is 1. The van der Waals surface area contributed by atoms with Crippen LogP contribution in [0.1, 0.15) is 20.8 Å². The summed E-state index contributed by atoms with van der Waals surface area (Å²) in [6, 6.07) is 0. The second-order valence-corrected chi connectivity index (χ2v) is 4.55. The third-order valence-electron chi connectivity index (χ3n) is 1.98. The van der Waals surface area contributed by atoms with Crippen LogP contribution < -0.4 is 0 Å². The minimum absolute atomic E-state index is 0.112. The molecule has 1 aliphatic heterocycles. The number of aliphatic hydroxyl groups is 3. The number of aliphatic hydroxyl groups excluding tert-OH is 3. The second-order valence-electron chi connectivity index (χ2n) is 4.55. The highest BCUT2D eigenvalue weighted by Crippen LogP contribution is 2.22. The van der Waals surface area contributed by atoms with Crippen LogP contribution in [-0.4, -0.2) is 45.7 Å². The standard InChI is InChI=1S/C10H16O6/c1-10(2,3)15-4-5(11)8-6(12)7(13)9(14)16-8/h5,8,11-13H,4H2,1-3H3. The van der Waals surface area contributed by atoms with Crippen molar-refractivity contribution in [1.29, 1.82) is 0 Å². The lowest BCUT2D eigenvalue weighted by atomic mass is 10.1. The van der Waals surface area contributed by atoms with E-state index in [-0.39, 0.29) is 6.61 Å². The Kier molecular flexibility index (Phi) is 3.44. The number of rotatable bonds is 3. The molecule has 0 aromatic carbocycles. The van der Waals surface area contributed by atoms with Gasteiger partial charge in [-0.3, -0.25) is 0 Å². The van der Waals surface area contributed by atoms with Crippen LogP contribution in [0.3, 0.4) is 0 Å². The second kappa shape index (κ2) is 4.31. The molecule has 0 bridgehead atoms. The molecule has 0 saturated carbocycles. The molecule has 0 aromatic heterocycles. The molecule has 1 rings (SSSR count). The quantitative estimate of drug-likeness (QED) is 0.610. The fourth-order valence-corrected chi connectivity index (χ4v) is 1.15. The first-order valence-corrected chi connectivity index (χ1v) is 4.87. The molecule has 0 spiro atoms. The van der Waals surface area contributed by atoms with Crippen molar-refractivity contribution in [3.8, 4) is 0 Å². The van der Waals surface area contributed by atoms with E-state index < -0.39 is 35.3 Å². The zero-order valence-electron chi connectivity index (χ0n) is 9.43. The number of hydrogen-bond donors (Lipinski definition) is 3. The van der Waals surface area contributed by atoms with Gasteiger partial charge in [-0.1, -0.05) is 0 Å². The van der Waals surface area contributed by atoms with E-state index in [4.69, 9.17) is 9.84 Å². The summed E-state index contributed by atoms with van der Waals surface area (Å²) in [6.45, 7) is 5.29. The molecule has 92 valence electrons. The van der Waals surface area contributed by atoms with Crippen LogP contribution in [0.5, 0.6) is 0 Å². The molecule has 0 saturated heterocycles. The highest BCUT2D eigenvalue weighted by atomic mass is 16.6. The number of carbonyl (C=O) groups excluding carboxylic acids is 1. The van der Waals surface area contributed by atoms with E-state index in [1.807, 2.05) is 0 Å². The van der Waals surface area contributed by atoms with Gasteiger partial charge in [-0.05, 0) is 20.8 Å². The minimum atomic E-state index is -1.25. The first-order chi connectivity index (χ1) is 7.22. The molecule has 1 aliphatic rings. The Morgan fingerprint density at radius 2 is 2.00 bits per heavy atom. The molecule has 1 heterocycles. The number of hydrogen-bond acceptors (Lipinski definition) is 6. The Morgan fingerprint density at radius 3 is 2.38 bits per heavy atom. The van der Waals surface area contributed by atoms with Crippen LogP contribution in [0.15, 0.2) is 11.5 Å². The van der Waals surface area contributed by atoms with Crippen molar-refractivity contribution in [3.05, 3.63) is 11.5 Å². The van der Waals surface area contributed by atoms with E-state index in [0.29, 0.717) is 0 Å². The summed E-state index contributed by atoms with van der Waals surface area (Å²) in [5.74, 6) is -2.56. The minimum Gasteiger partial charge on any atom is -0.505 e. The average Bonchev–Trinajstić information content (AvgIpc) is 2.41. The fraction of sp³-hybridized carbons (Fsp3) is 0.700. The van der Waals surface area contributed by atoms with Crippen LogP contribution >= 0.6 is 0 Å². The van der Waals surface area contributed by atoms with Crippen molar-refractivity contribution in [2.75, 3.05) is 6.61 Å². The topological polar surface area (TPSA) is 96.2 Å². The van der Waals surface area contributed by atoms with Gasteiger partial charge in [0, 0.05) is 0 Å². The molecule has 0 amide bonds. The average molecular weight is 232 g/mol. The summed E-state index contributed by atoms with van der Waals surface area (Å²) in [5, 5.41) is 27.9. The lowest BCUT2D eigenvalue weighted by molar-refractivity contribution is -0.150. The Balaban J connectivity index is 2.57. The predicted molar refractivity (Wildman–Crippen MR) is 53.9 cm³/mol. The Bertz CT molecular complexity index is 314. The summed E-state index contributed by atoms with van der Waals surface area (Å²) in [4.78, 5) is 10.9. The number of esters is 1. The number of ether oxygens (including phenoxy) is 2. The van der Waals surface area contributed by atoms with Gasteiger partial charge in [0.05, 0.1) is 12.2 Å². The fourth-order valence-electron chi connectivity index (χ4n) is 1.15. The molecule has 2 atom stereocenters. The van der Waals surface area contributed by atoms with Gasteiger partial charge in [0.2, 0.25) is 5.76 Å². The van der Waals surface area contributed by atoms with Crippen molar-refractivity contribution in [2.45, 2.75) is 38.6 Å². The lowest BCUT2D eigenvalue weighted by Crippen LogP contribution is -2.35. The summed E-state index contributed by atoms with van der Waals surface area (Å²) in [6.07, 6.45) is -2.47. The van der Waals surface area contributed by atoms with E-state index in [9.17, 15) is 15.0 Å². The molecule has 2 unspecified atom stereocenters. The largest absolute Gasteiger partial charge is 0.505 e. The predicted octanol–water partition coefficient (Wildman–Crippen LogP) is 0.415. The smallest absolute Gasteiger partial charge is 0.377 e. The van der Waals surface area contributed by atoms with Crippen molar-refractivity contribution in [1.82, 2.24) is 0 Å². The maximum absolute atomic E-state index is 10.9. The molecule has 0 aliphatic carbocycles. The van der Waals surface area contributed by atoms with E-state index in [0.717, 1.165) is 0 Å². The van der Waals surface area contributed by atoms with Crippen molar-refractivity contribution in [3.63, 3.8) is 0 Å². The molecule has 3 N–H and O–H groups in total. The monoisotopic (exact) mass is 232 g/mol. The highest BCUT2D eigenvalue weighted by molar-refractivity contribution is 5.89. The third-order valence-corrected chi connectivity index (χ3v) is 1.98. The van der Waals surface area contributed by atoms with E-state index >= 15 is 0 Å².